The molecular weight excluding hydrogens is 324 g/mol. The molecule has 6 heteroatoms. The Hall–Kier alpha value is -1.24. The number of morpholine rings is 1. The van der Waals surface area contributed by atoms with E-state index in [1.807, 2.05) is 42.1 Å². The zero-order chi connectivity index (χ0) is 16.6. The molecule has 2 heterocycles. The second-order valence-electron chi connectivity index (χ2n) is 6.27. The summed E-state index contributed by atoms with van der Waals surface area (Å²) in [7, 11) is 0. The van der Waals surface area contributed by atoms with E-state index in [-0.39, 0.29) is 12.2 Å². The van der Waals surface area contributed by atoms with Gasteiger partial charge >= 0.3 is 6.09 Å². The van der Waals surface area contributed by atoms with Gasteiger partial charge in [0, 0.05) is 19.1 Å². The average molecular weight is 350 g/mol. The van der Waals surface area contributed by atoms with Crippen LogP contribution in [-0.2, 0) is 16.1 Å². The summed E-state index contributed by atoms with van der Waals surface area (Å²) in [6.07, 6.45) is 2.25. The molecule has 0 saturated carbocycles. The Morgan fingerprint density at radius 2 is 2.08 bits per heavy atom. The Balaban J connectivity index is 1.40. The molecule has 24 heavy (non-hydrogen) atoms. The highest BCUT2D eigenvalue weighted by molar-refractivity contribution is 7.99. The zero-order valence-electron chi connectivity index (χ0n) is 14.0. The minimum absolute atomic E-state index is 0.0533. The summed E-state index contributed by atoms with van der Waals surface area (Å²) in [5.74, 6) is 2.47. The largest absolute Gasteiger partial charge is 0.445 e. The highest BCUT2D eigenvalue weighted by Crippen LogP contribution is 2.17. The van der Waals surface area contributed by atoms with Gasteiger partial charge in [-0.15, -0.1) is 0 Å². The normalized spacial score (nSPS) is 22.3. The van der Waals surface area contributed by atoms with E-state index in [1.54, 1.807) is 4.90 Å². The van der Waals surface area contributed by atoms with E-state index in [9.17, 15) is 4.79 Å². The van der Waals surface area contributed by atoms with Crippen LogP contribution in [0.2, 0.25) is 0 Å². The molecule has 0 radical (unpaired) electrons. The fourth-order valence-electron chi connectivity index (χ4n) is 3.02. The summed E-state index contributed by atoms with van der Waals surface area (Å²) in [6.45, 7) is 2.90. The number of nitrogens with zero attached hydrogens (tertiary/aromatic N) is 1. The molecule has 2 fully saturated rings. The van der Waals surface area contributed by atoms with Crippen LogP contribution in [0.1, 0.15) is 18.4 Å². The number of amides is 1. The lowest BCUT2D eigenvalue weighted by Crippen LogP contribution is -2.50. The van der Waals surface area contributed by atoms with Gasteiger partial charge in [-0.2, -0.15) is 11.8 Å². The van der Waals surface area contributed by atoms with E-state index in [2.05, 4.69) is 5.32 Å². The van der Waals surface area contributed by atoms with Crippen LogP contribution in [0.5, 0.6) is 0 Å². The SMILES string of the molecule is O=C(OCc1ccccc1)N1CCOC(CNC2CCSCC2)C1. The number of carbonyl (C=O) groups excluding carboxylic acids is 1. The van der Waals surface area contributed by atoms with E-state index >= 15 is 0 Å². The molecule has 3 rings (SSSR count). The van der Waals surface area contributed by atoms with E-state index in [1.165, 1.54) is 24.3 Å². The maximum Gasteiger partial charge on any atom is 0.410 e. The first-order valence-electron chi connectivity index (χ1n) is 8.69. The minimum atomic E-state index is -0.249. The van der Waals surface area contributed by atoms with Crippen molar-refractivity contribution in [3.05, 3.63) is 35.9 Å². The second-order valence-corrected chi connectivity index (χ2v) is 7.50. The third kappa shape index (κ3) is 5.40. The molecule has 1 N–H and O–H groups in total. The number of hydrogen-bond donors (Lipinski definition) is 1. The predicted octanol–water partition coefficient (Wildman–Crippen LogP) is 2.51. The highest BCUT2D eigenvalue weighted by Gasteiger charge is 2.26. The first kappa shape index (κ1) is 17.6. The van der Waals surface area contributed by atoms with Crippen LogP contribution in [0.15, 0.2) is 30.3 Å². The summed E-state index contributed by atoms with van der Waals surface area (Å²) in [4.78, 5) is 14.0. The molecule has 2 aliphatic rings. The molecule has 0 aromatic heterocycles. The average Bonchev–Trinajstić information content (AvgIpc) is 2.66. The van der Waals surface area contributed by atoms with Gasteiger partial charge in [0.1, 0.15) is 6.61 Å². The van der Waals surface area contributed by atoms with E-state index in [0.717, 1.165) is 12.1 Å². The van der Waals surface area contributed by atoms with Gasteiger partial charge in [0.15, 0.2) is 0 Å². The van der Waals surface area contributed by atoms with Gasteiger partial charge in [-0.25, -0.2) is 4.79 Å². The number of rotatable bonds is 5. The second kappa shape index (κ2) is 9.30. The lowest BCUT2D eigenvalue weighted by molar-refractivity contribution is -0.0280. The molecule has 1 atom stereocenters. The maximum absolute atomic E-state index is 12.2. The summed E-state index contributed by atoms with van der Waals surface area (Å²) in [5.41, 5.74) is 1.01. The smallest absolute Gasteiger partial charge is 0.410 e. The predicted molar refractivity (Wildman–Crippen MR) is 96.3 cm³/mol. The molecule has 0 bridgehead atoms. The third-order valence-corrected chi connectivity index (χ3v) is 5.51. The van der Waals surface area contributed by atoms with E-state index < -0.39 is 0 Å². The van der Waals surface area contributed by atoms with Gasteiger partial charge in [-0.1, -0.05) is 30.3 Å². The quantitative estimate of drug-likeness (QED) is 0.884. The molecule has 1 amide bonds. The fourth-order valence-corrected chi connectivity index (χ4v) is 4.13. The number of benzene rings is 1. The first-order chi connectivity index (χ1) is 11.8. The van der Waals surface area contributed by atoms with Gasteiger partial charge in [0.2, 0.25) is 0 Å². The molecule has 132 valence electrons. The fraction of sp³-hybridized carbons (Fsp3) is 0.611. The van der Waals surface area contributed by atoms with Gasteiger partial charge in [-0.05, 0) is 29.9 Å². The van der Waals surface area contributed by atoms with Gasteiger partial charge in [0.05, 0.1) is 19.3 Å². The first-order valence-corrected chi connectivity index (χ1v) is 9.85. The molecular formula is C18H26N2O3S. The van der Waals surface area contributed by atoms with Gasteiger partial charge < -0.3 is 19.7 Å². The van der Waals surface area contributed by atoms with Crippen molar-refractivity contribution in [2.75, 3.05) is 37.7 Å². The Labute approximate surface area is 148 Å². The van der Waals surface area contributed by atoms with Crippen molar-refractivity contribution in [3.63, 3.8) is 0 Å². The summed E-state index contributed by atoms with van der Waals surface area (Å²) in [5, 5.41) is 3.59. The Morgan fingerprint density at radius 3 is 2.88 bits per heavy atom. The Morgan fingerprint density at radius 1 is 1.29 bits per heavy atom. The number of ether oxygens (including phenoxy) is 2. The van der Waals surface area contributed by atoms with Gasteiger partial charge in [0.25, 0.3) is 0 Å². The summed E-state index contributed by atoms with van der Waals surface area (Å²) < 4.78 is 11.2. The molecule has 1 unspecified atom stereocenters. The van der Waals surface area contributed by atoms with E-state index in [4.69, 9.17) is 9.47 Å². The number of thioether (sulfide) groups is 1. The van der Waals surface area contributed by atoms with Crippen molar-refractivity contribution in [3.8, 4) is 0 Å². The number of hydrogen-bond acceptors (Lipinski definition) is 5. The van der Waals surface area contributed by atoms with Crippen molar-refractivity contribution in [1.82, 2.24) is 10.2 Å². The summed E-state index contributed by atoms with van der Waals surface area (Å²) >= 11 is 2.03. The molecule has 1 aromatic rings. The lowest BCUT2D eigenvalue weighted by Gasteiger charge is -2.33. The maximum atomic E-state index is 12.2. The van der Waals surface area contributed by atoms with Crippen LogP contribution in [-0.4, -0.2) is 60.9 Å². The van der Waals surface area contributed by atoms with Crippen LogP contribution in [0.25, 0.3) is 0 Å². The van der Waals surface area contributed by atoms with Crippen molar-refractivity contribution in [2.24, 2.45) is 0 Å². The van der Waals surface area contributed by atoms with Crippen LogP contribution >= 0.6 is 11.8 Å². The van der Waals surface area contributed by atoms with Crippen LogP contribution in [0.3, 0.4) is 0 Å². The molecule has 1 aromatic carbocycles. The standard InChI is InChI=1S/C18H26N2O3S/c21-18(23-14-15-4-2-1-3-5-15)20-8-9-22-17(13-20)12-19-16-6-10-24-11-7-16/h1-5,16-17,19H,6-14H2. The van der Waals surface area contributed by atoms with Gasteiger partial charge in [-0.3, -0.25) is 0 Å². The monoisotopic (exact) mass is 350 g/mol. The molecule has 5 nitrogen and oxygen atoms in total. The van der Waals surface area contributed by atoms with Crippen molar-refractivity contribution in [1.29, 1.82) is 0 Å². The molecule has 0 aliphatic carbocycles. The summed E-state index contributed by atoms with van der Waals surface area (Å²) in [6, 6.07) is 10.4. The Kier molecular flexibility index (Phi) is 6.81. The van der Waals surface area contributed by atoms with Crippen LogP contribution < -0.4 is 5.32 Å². The zero-order valence-corrected chi connectivity index (χ0v) is 14.8. The van der Waals surface area contributed by atoms with Crippen LogP contribution in [0, 0.1) is 0 Å². The van der Waals surface area contributed by atoms with Crippen molar-refractivity contribution in [2.45, 2.75) is 31.6 Å². The lowest BCUT2D eigenvalue weighted by atomic mass is 10.1. The van der Waals surface area contributed by atoms with Crippen LogP contribution in [0.4, 0.5) is 4.79 Å². The highest BCUT2D eigenvalue weighted by atomic mass is 32.2. The minimum Gasteiger partial charge on any atom is -0.445 e. The number of nitrogens with one attached hydrogen (secondary N) is 1. The number of carbonyl (C=O) groups is 1. The van der Waals surface area contributed by atoms with Crippen molar-refractivity contribution < 1.29 is 14.3 Å². The molecule has 0 spiro atoms. The Bertz CT molecular complexity index is 508. The van der Waals surface area contributed by atoms with E-state index in [0.29, 0.717) is 32.3 Å². The third-order valence-electron chi connectivity index (χ3n) is 4.46. The molecule has 2 aliphatic heterocycles. The molecule has 2 saturated heterocycles. The van der Waals surface area contributed by atoms with Crippen molar-refractivity contribution >= 4 is 17.9 Å². The topological polar surface area (TPSA) is 50.8 Å².